The van der Waals surface area contributed by atoms with Crippen LogP contribution in [0.3, 0.4) is 0 Å². The Morgan fingerprint density at radius 3 is 2.47 bits per heavy atom. The molecule has 4 aliphatic rings. The smallest absolute Gasteiger partial charge is 0.259 e. The van der Waals surface area contributed by atoms with Gasteiger partial charge in [0.2, 0.25) is 21.8 Å². The van der Waals surface area contributed by atoms with Gasteiger partial charge in [-0.1, -0.05) is 78.7 Å². The van der Waals surface area contributed by atoms with Crippen LogP contribution in [0.25, 0.3) is 11.3 Å². The summed E-state index contributed by atoms with van der Waals surface area (Å²) in [5.41, 5.74) is 0.967. The van der Waals surface area contributed by atoms with Crippen molar-refractivity contribution in [3.05, 3.63) is 79.0 Å². The summed E-state index contributed by atoms with van der Waals surface area (Å²) < 4.78 is 29.2. The Kier molecular flexibility index (Phi) is 8.80. The second-order valence-corrected chi connectivity index (χ2v) is 16.3. The minimum absolute atomic E-state index is 0.210. The van der Waals surface area contributed by atoms with Gasteiger partial charge in [0.1, 0.15) is 23.3 Å². The molecule has 0 radical (unpaired) electrons. The molecule has 0 spiro atoms. The summed E-state index contributed by atoms with van der Waals surface area (Å²) >= 11 is 0. The van der Waals surface area contributed by atoms with Gasteiger partial charge in [-0.05, 0) is 57.6 Å². The van der Waals surface area contributed by atoms with Crippen LogP contribution in [0.5, 0.6) is 0 Å². The van der Waals surface area contributed by atoms with E-state index in [1.165, 1.54) is 0 Å². The highest BCUT2D eigenvalue weighted by atomic mass is 32.2. The topological polar surface area (TPSA) is 155 Å². The molecule has 3 heterocycles. The van der Waals surface area contributed by atoms with E-state index in [9.17, 15) is 22.8 Å². The molecule has 5 atom stereocenters. The zero-order valence-corrected chi connectivity index (χ0v) is 28.4. The van der Waals surface area contributed by atoms with Crippen LogP contribution in [0, 0.1) is 5.92 Å². The van der Waals surface area contributed by atoms with E-state index in [2.05, 4.69) is 25.7 Å². The average molecular weight is 686 g/mol. The number of nitrogens with one attached hydrogen (secondary N) is 3. The van der Waals surface area contributed by atoms with Crippen LogP contribution >= 0.6 is 0 Å². The predicted octanol–water partition coefficient (Wildman–Crippen LogP) is 3.96. The number of rotatable bonds is 7. The van der Waals surface area contributed by atoms with Crippen molar-refractivity contribution in [2.24, 2.45) is 5.92 Å². The number of hydrogen-bond donors (Lipinski definition) is 3. The molecule has 2 aromatic carbocycles. The Hall–Kier alpha value is -4.52. The van der Waals surface area contributed by atoms with Crippen molar-refractivity contribution in [2.45, 2.75) is 93.1 Å². The lowest BCUT2D eigenvalue weighted by Gasteiger charge is -2.30. The van der Waals surface area contributed by atoms with Crippen LogP contribution in [0.2, 0.25) is 0 Å². The quantitative estimate of drug-likeness (QED) is 0.316. The first-order valence-electron chi connectivity index (χ1n) is 17.2. The van der Waals surface area contributed by atoms with Crippen LogP contribution < -0.4 is 15.4 Å². The number of carbonyl (C=O) groups is 3. The third-order valence-corrected chi connectivity index (χ3v) is 12.7. The fourth-order valence-electron chi connectivity index (χ4n) is 7.00. The van der Waals surface area contributed by atoms with Gasteiger partial charge in [-0.2, -0.15) is 0 Å². The largest absolute Gasteiger partial charge is 0.374 e. The SMILES string of the molecule is CC1(S(=O)(=O)NC(=O)[C@@]23C[C@H]2C=CCCCCC[C@H](Nc2ccccc2)C(=O)N2C[C@H](n4cc(-c5ccccc5)nn4)C[C@H]2C(=O)N3)CC1. The lowest BCUT2D eigenvalue weighted by atomic mass is 10.0. The molecule has 3 aromatic rings. The van der Waals surface area contributed by atoms with Gasteiger partial charge in [-0.3, -0.25) is 19.1 Å². The van der Waals surface area contributed by atoms with Gasteiger partial charge in [0.15, 0.2) is 0 Å². The number of nitrogens with zero attached hydrogens (tertiary/aromatic N) is 4. The van der Waals surface area contributed by atoms with Crippen molar-refractivity contribution in [2.75, 3.05) is 11.9 Å². The monoisotopic (exact) mass is 685 g/mol. The number of fused-ring (bicyclic) bond motifs is 2. The first-order valence-corrected chi connectivity index (χ1v) is 18.7. The Morgan fingerprint density at radius 1 is 1.00 bits per heavy atom. The van der Waals surface area contributed by atoms with E-state index < -0.39 is 44.2 Å². The van der Waals surface area contributed by atoms with E-state index in [0.717, 1.165) is 36.9 Å². The Morgan fingerprint density at radius 2 is 1.73 bits per heavy atom. The maximum absolute atomic E-state index is 14.5. The number of anilines is 1. The van der Waals surface area contributed by atoms with Crippen LogP contribution in [-0.2, 0) is 24.4 Å². The van der Waals surface area contributed by atoms with Gasteiger partial charge in [0.25, 0.3) is 5.91 Å². The molecule has 258 valence electrons. The molecule has 7 rings (SSSR count). The van der Waals surface area contributed by atoms with Gasteiger partial charge in [-0.25, -0.2) is 13.1 Å². The normalized spacial score (nSPS) is 28.3. The number of hydrogen-bond acceptors (Lipinski definition) is 8. The number of benzene rings is 2. The molecule has 3 N–H and O–H groups in total. The molecule has 2 aliphatic carbocycles. The fraction of sp³-hybridized carbons (Fsp3) is 0.472. The first-order chi connectivity index (χ1) is 23.6. The van der Waals surface area contributed by atoms with Gasteiger partial charge >= 0.3 is 0 Å². The molecular formula is C36H43N7O5S. The molecule has 1 aromatic heterocycles. The summed E-state index contributed by atoms with van der Waals surface area (Å²) in [4.78, 5) is 44.2. The molecule has 12 nitrogen and oxygen atoms in total. The van der Waals surface area contributed by atoms with Crippen LogP contribution in [0.15, 0.2) is 79.0 Å². The second kappa shape index (κ2) is 13.1. The Bertz CT molecular complexity index is 1840. The van der Waals surface area contributed by atoms with Gasteiger partial charge in [0, 0.05) is 30.1 Å². The Balaban J connectivity index is 1.20. The molecule has 13 heteroatoms. The van der Waals surface area contributed by atoms with Gasteiger partial charge in [-0.15, -0.1) is 5.10 Å². The number of para-hydroxylation sites is 1. The highest BCUT2D eigenvalue weighted by molar-refractivity contribution is 7.91. The van der Waals surface area contributed by atoms with Crippen molar-refractivity contribution >= 4 is 33.4 Å². The van der Waals surface area contributed by atoms with E-state index in [0.29, 0.717) is 25.0 Å². The number of carbonyl (C=O) groups excluding carboxylic acids is 3. The van der Waals surface area contributed by atoms with E-state index in [1.54, 1.807) is 16.5 Å². The summed E-state index contributed by atoms with van der Waals surface area (Å²) in [5.74, 6) is -1.79. The molecule has 0 unspecified atom stereocenters. The third kappa shape index (κ3) is 6.72. The predicted molar refractivity (Wildman–Crippen MR) is 184 cm³/mol. The lowest BCUT2D eigenvalue weighted by Crippen LogP contribution is -2.58. The second-order valence-electron chi connectivity index (χ2n) is 14.1. The van der Waals surface area contributed by atoms with Crippen molar-refractivity contribution < 1.29 is 22.8 Å². The van der Waals surface area contributed by atoms with Crippen LogP contribution in [-0.4, -0.2) is 74.9 Å². The highest BCUT2D eigenvalue weighted by Crippen LogP contribution is 2.47. The minimum atomic E-state index is -3.93. The lowest BCUT2D eigenvalue weighted by molar-refractivity contribution is -0.140. The molecule has 3 fully saturated rings. The van der Waals surface area contributed by atoms with Crippen LogP contribution in [0.1, 0.15) is 70.8 Å². The van der Waals surface area contributed by atoms with Crippen molar-refractivity contribution in [1.82, 2.24) is 29.9 Å². The molecule has 1 saturated heterocycles. The Labute approximate surface area is 286 Å². The molecule has 2 saturated carbocycles. The maximum atomic E-state index is 14.5. The van der Waals surface area contributed by atoms with Gasteiger partial charge < -0.3 is 15.5 Å². The molecule has 0 bridgehead atoms. The summed E-state index contributed by atoms with van der Waals surface area (Å²) in [6.07, 6.45) is 11.2. The van der Waals surface area contributed by atoms with Crippen molar-refractivity contribution in [3.8, 4) is 11.3 Å². The van der Waals surface area contributed by atoms with Gasteiger partial charge in [0.05, 0.1) is 17.0 Å². The highest BCUT2D eigenvalue weighted by Gasteiger charge is 2.63. The van der Waals surface area contributed by atoms with E-state index in [4.69, 9.17) is 0 Å². The van der Waals surface area contributed by atoms with E-state index >= 15 is 0 Å². The molecule has 2 aliphatic heterocycles. The summed E-state index contributed by atoms with van der Waals surface area (Å²) in [6, 6.07) is 17.4. The first kappa shape index (κ1) is 33.0. The zero-order chi connectivity index (χ0) is 34.2. The minimum Gasteiger partial charge on any atom is -0.374 e. The van der Waals surface area contributed by atoms with Crippen LogP contribution in [0.4, 0.5) is 5.69 Å². The van der Waals surface area contributed by atoms with Crippen molar-refractivity contribution in [1.29, 1.82) is 0 Å². The van der Waals surface area contributed by atoms with Crippen molar-refractivity contribution in [3.63, 3.8) is 0 Å². The molecular weight excluding hydrogens is 643 g/mol. The van der Waals surface area contributed by atoms with E-state index in [1.807, 2.05) is 79.0 Å². The number of sulfonamides is 1. The third-order valence-electron chi connectivity index (χ3n) is 10.6. The fourth-order valence-corrected chi connectivity index (χ4v) is 8.31. The average Bonchev–Trinajstić information content (AvgIpc) is 3.86. The number of amides is 3. The summed E-state index contributed by atoms with van der Waals surface area (Å²) in [6.45, 7) is 1.84. The standard InChI is InChI=1S/C36H43N7O5S/c1-35(19-20-35)49(47,48)40-34(46)36-22-26(36)15-9-3-2-4-12-18-29(37-27-16-10-6-11-17-27)33(45)42-23-28(21-31(42)32(44)38-36)43-24-30(39-41-43)25-13-7-5-8-14-25/h5-11,13-17,24,26,28-29,31,37H,2-4,12,18-23H2,1H3,(H,38,44)(H,40,46)/t26-,28-,29+,31+,36-/m1/s1. The summed E-state index contributed by atoms with van der Waals surface area (Å²) in [5, 5.41) is 15.1. The maximum Gasteiger partial charge on any atom is 0.259 e. The number of aromatic nitrogens is 3. The van der Waals surface area contributed by atoms with E-state index in [-0.39, 0.29) is 37.3 Å². The molecule has 49 heavy (non-hydrogen) atoms. The summed E-state index contributed by atoms with van der Waals surface area (Å²) in [7, 11) is -3.93. The number of allylic oxidation sites excluding steroid dienone is 1. The zero-order valence-electron chi connectivity index (χ0n) is 27.6. The molecule has 3 amide bonds.